The van der Waals surface area contributed by atoms with E-state index < -0.39 is 5.97 Å². The molecule has 2 saturated heterocycles. The Morgan fingerprint density at radius 2 is 2.00 bits per heavy atom. The number of hydrogen-bond acceptors (Lipinski definition) is 6. The zero-order chi connectivity index (χ0) is 16.6. The maximum Gasteiger partial charge on any atom is 0.317 e. The lowest BCUT2D eigenvalue weighted by Crippen LogP contribution is -2.46. The van der Waals surface area contributed by atoms with E-state index in [1.807, 2.05) is 18.7 Å². The third-order valence-electron chi connectivity index (χ3n) is 4.70. The summed E-state index contributed by atoms with van der Waals surface area (Å²) in [7, 11) is 0. The lowest BCUT2D eigenvalue weighted by atomic mass is 10.1. The van der Waals surface area contributed by atoms with Gasteiger partial charge in [-0.15, -0.1) is 0 Å². The van der Waals surface area contributed by atoms with Crippen LogP contribution in [0.25, 0.3) is 0 Å². The fourth-order valence-electron chi connectivity index (χ4n) is 3.53. The number of rotatable bonds is 3. The van der Waals surface area contributed by atoms with Gasteiger partial charge in [0.2, 0.25) is 0 Å². The van der Waals surface area contributed by atoms with E-state index in [0.29, 0.717) is 13.2 Å². The first-order valence-corrected chi connectivity index (χ1v) is 8.04. The molecule has 0 spiro atoms. The van der Waals surface area contributed by atoms with E-state index in [2.05, 4.69) is 21.8 Å². The maximum absolute atomic E-state index is 11.1. The van der Waals surface area contributed by atoms with Crippen molar-refractivity contribution in [1.29, 1.82) is 0 Å². The molecular formula is C16H24N4O3. The molecule has 0 saturated carbocycles. The number of nitrogens with zero attached hydrogens (tertiary/aromatic N) is 4. The van der Waals surface area contributed by atoms with Gasteiger partial charge in [0, 0.05) is 36.8 Å². The van der Waals surface area contributed by atoms with Gasteiger partial charge in [-0.05, 0) is 20.8 Å². The molecule has 0 amide bonds. The first-order chi connectivity index (χ1) is 10.9. The van der Waals surface area contributed by atoms with Crippen LogP contribution in [0.2, 0.25) is 0 Å². The average Bonchev–Trinajstić information content (AvgIpc) is 2.71. The van der Waals surface area contributed by atoms with Gasteiger partial charge in [0.15, 0.2) is 0 Å². The normalized spacial score (nSPS) is 25.3. The van der Waals surface area contributed by atoms with Gasteiger partial charge < -0.3 is 14.7 Å². The first-order valence-electron chi connectivity index (χ1n) is 8.04. The minimum atomic E-state index is -0.783. The van der Waals surface area contributed by atoms with Crippen LogP contribution in [0.3, 0.4) is 0 Å². The van der Waals surface area contributed by atoms with Gasteiger partial charge in [-0.2, -0.15) is 0 Å². The molecule has 2 bridgehead atoms. The fourth-order valence-corrected chi connectivity index (χ4v) is 3.53. The van der Waals surface area contributed by atoms with Gasteiger partial charge in [-0.25, -0.2) is 9.97 Å². The van der Waals surface area contributed by atoms with Crippen molar-refractivity contribution in [3.05, 3.63) is 17.1 Å². The summed E-state index contributed by atoms with van der Waals surface area (Å²) in [4.78, 5) is 24.6. The largest absolute Gasteiger partial charge is 0.480 e. The predicted octanol–water partition coefficient (Wildman–Crippen LogP) is 0.623. The lowest BCUT2D eigenvalue weighted by molar-refractivity contribution is -0.138. The van der Waals surface area contributed by atoms with Crippen LogP contribution in [0.15, 0.2) is 0 Å². The van der Waals surface area contributed by atoms with Crippen LogP contribution >= 0.6 is 0 Å². The number of ether oxygens (including phenoxy) is 1. The number of carboxylic acid groups (broad SMARTS) is 1. The monoisotopic (exact) mass is 320 g/mol. The van der Waals surface area contributed by atoms with Crippen LogP contribution in [-0.4, -0.2) is 71.4 Å². The number of carboxylic acids is 1. The molecule has 0 radical (unpaired) electrons. The summed E-state index contributed by atoms with van der Waals surface area (Å²) in [5.74, 6) is 1.26. The molecule has 2 fully saturated rings. The van der Waals surface area contributed by atoms with E-state index in [4.69, 9.17) is 9.84 Å². The van der Waals surface area contributed by atoms with Crippen LogP contribution in [-0.2, 0) is 9.53 Å². The van der Waals surface area contributed by atoms with Crippen molar-refractivity contribution < 1.29 is 14.6 Å². The summed E-state index contributed by atoms with van der Waals surface area (Å²) in [5, 5.41) is 9.16. The van der Waals surface area contributed by atoms with Crippen molar-refractivity contribution in [3.8, 4) is 0 Å². The second-order valence-corrected chi connectivity index (χ2v) is 6.59. The minimum Gasteiger partial charge on any atom is -0.480 e. The molecular weight excluding hydrogens is 296 g/mol. The Hall–Kier alpha value is -1.73. The van der Waals surface area contributed by atoms with Crippen molar-refractivity contribution >= 4 is 11.8 Å². The lowest BCUT2D eigenvalue weighted by Gasteiger charge is -2.32. The number of fused-ring (bicyclic) bond motifs is 3. The standard InChI is InChI=1S/C16H24N4O3/c1-10-11(2)17-12(3)18-16(10)20-5-13-4-19(7-15(21)22)14(6-20)9-23-8-13/h13-14H,4-9H2,1-3H3,(H,21,22)/t13-,14+/m1/s1. The van der Waals surface area contributed by atoms with E-state index in [0.717, 1.165) is 42.5 Å². The number of carbonyl (C=O) groups is 1. The van der Waals surface area contributed by atoms with E-state index >= 15 is 0 Å². The van der Waals surface area contributed by atoms with E-state index in [9.17, 15) is 4.79 Å². The summed E-state index contributed by atoms with van der Waals surface area (Å²) < 4.78 is 5.74. The molecule has 2 aliphatic heterocycles. The number of aliphatic carboxylic acids is 1. The van der Waals surface area contributed by atoms with Gasteiger partial charge in [0.1, 0.15) is 11.6 Å². The van der Waals surface area contributed by atoms with Gasteiger partial charge in [-0.3, -0.25) is 9.69 Å². The molecule has 0 aliphatic carbocycles. The number of aryl methyl sites for hydroxylation is 2. The molecule has 23 heavy (non-hydrogen) atoms. The quantitative estimate of drug-likeness (QED) is 0.875. The molecule has 0 aromatic carbocycles. The van der Waals surface area contributed by atoms with Crippen LogP contribution in [0.4, 0.5) is 5.82 Å². The Labute approximate surface area is 136 Å². The highest BCUT2D eigenvalue weighted by atomic mass is 16.5. The highest BCUT2D eigenvalue weighted by molar-refractivity contribution is 5.69. The predicted molar refractivity (Wildman–Crippen MR) is 85.8 cm³/mol. The van der Waals surface area contributed by atoms with Crippen LogP contribution < -0.4 is 4.90 Å². The molecule has 7 heteroatoms. The second-order valence-electron chi connectivity index (χ2n) is 6.59. The fraction of sp³-hybridized carbons (Fsp3) is 0.688. The smallest absolute Gasteiger partial charge is 0.317 e. The molecule has 3 rings (SSSR count). The number of aromatic nitrogens is 2. The Morgan fingerprint density at radius 3 is 2.74 bits per heavy atom. The number of anilines is 1. The zero-order valence-corrected chi connectivity index (χ0v) is 13.9. The van der Waals surface area contributed by atoms with Crippen molar-refractivity contribution in [2.75, 3.05) is 44.3 Å². The maximum atomic E-state index is 11.1. The Kier molecular flexibility index (Phi) is 4.50. The van der Waals surface area contributed by atoms with Crippen molar-refractivity contribution in [2.24, 2.45) is 5.92 Å². The third-order valence-corrected chi connectivity index (χ3v) is 4.70. The van der Waals surface area contributed by atoms with Gasteiger partial charge in [0.05, 0.1) is 25.8 Å². The molecule has 7 nitrogen and oxygen atoms in total. The molecule has 1 aromatic heterocycles. The highest BCUT2D eigenvalue weighted by Gasteiger charge is 2.35. The SMILES string of the molecule is Cc1nc(C)c(C)c(N2C[C@@H]3COC[C@H](C2)N(CC(=O)O)C3)n1. The molecule has 2 atom stereocenters. The minimum absolute atomic E-state index is 0.0686. The summed E-state index contributed by atoms with van der Waals surface area (Å²) in [6.07, 6.45) is 0. The third kappa shape index (κ3) is 3.45. The van der Waals surface area contributed by atoms with Crippen LogP contribution in [0, 0.1) is 26.7 Å². The van der Waals surface area contributed by atoms with Crippen LogP contribution in [0.5, 0.6) is 0 Å². The Balaban J connectivity index is 1.90. The van der Waals surface area contributed by atoms with Crippen molar-refractivity contribution in [3.63, 3.8) is 0 Å². The molecule has 3 heterocycles. The van der Waals surface area contributed by atoms with E-state index in [1.54, 1.807) is 0 Å². The molecule has 0 unspecified atom stereocenters. The molecule has 2 aliphatic rings. The summed E-state index contributed by atoms with van der Waals surface area (Å²) >= 11 is 0. The summed E-state index contributed by atoms with van der Waals surface area (Å²) in [6, 6.07) is 0.0774. The number of hydrogen-bond donors (Lipinski definition) is 1. The van der Waals surface area contributed by atoms with Crippen molar-refractivity contribution in [1.82, 2.24) is 14.9 Å². The van der Waals surface area contributed by atoms with Crippen LogP contribution in [0.1, 0.15) is 17.1 Å². The summed E-state index contributed by atoms with van der Waals surface area (Å²) in [5.41, 5.74) is 2.10. The van der Waals surface area contributed by atoms with E-state index in [1.165, 1.54) is 0 Å². The molecule has 126 valence electrons. The van der Waals surface area contributed by atoms with Gasteiger partial charge in [-0.1, -0.05) is 0 Å². The van der Waals surface area contributed by atoms with E-state index in [-0.39, 0.29) is 18.5 Å². The average molecular weight is 320 g/mol. The highest BCUT2D eigenvalue weighted by Crippen LogP contribution is 2.26. The van der Waals surface area contributed by atoms with Gasteiger partial charge >= 0.3 is 5.97 Å². The summed E-state index contributed by atoms with van der Waals surface area (Å²) in [6.45, 7) is 9.61. The van der Waals surface area contributed by atoms with Crippen molar-refractivity contribution in [2.45, 2.75) is 26.8 Å². The second kappa shape index (κ2) is 6.41. The molecule has 1 N–H and O–H groups in total. The Morgan fingerprint density at radius 1 is 1.22 bits per heavy atom. The topological polar surface area (TPSA) is 78.8 Å². The van der Waals surface area contributed by atoms with Gasteiger partial charge in [0.25, 0.3) is 0 Å². The Bertz CT molecular complexity index is 607. The molecule has 1 aromatic rings. The zero-order valence-electron chi connectivity index (χ0n) is 13.9. The first kappa shape index (κ1) is 16.1.